The summed E-state index contributed by atoms with van der Waals surface area (Å²) in [6.45, 7) is 8.44. The molecule has 0 atom stereocenters. The number of nitrogens with two attached hydrogens (primary N) is 1. The second-order valence-electron chi connectivity index (χ2n) is 8.02. The molecular weight excluding hydrogens is 400 g/mol. The number of carboxylic acids is 1. The van der Waals surface area contributed by atoms with Crippen molar-refractivity contribution in [2.75, 3.05) is 19.6 Å². The molecule has 0 aliphatic rings. The third-order valence-electron chi connectivity index (χ3n) is 5.27. The van der Waals surface area contributed by atoms with Crippen molar-refractivity contribution in [2.24, 2.45) is 5.73 Å². The van der Waals surface area contributed by atoms with Gasteiger partial charge in [0.2, 0.25) is 5.91 Å². The molecule has 0 fully saturated rings. The fraction of sp³-hybridized carbons (Fsp3) is 0.917. The molecule has 0 aromatic carbocycles. The van der Waals surface area contributed by atoms with Crippen molar-refractivity contribution in [3.05, 3.63) is 0 Å². The Balaban J connectivity index is -0.000000616. The van der Waals surface area contributed by atoms with E-state index in [0.717, 1.165) is 25.9 Å². The summed E-state index contributed by atoms with van der Waals surface area (Å²) in [5.41, 5.74) is 4.96. The maximum atomic E-state index is 10.3. The zero-order valence-corrected chi connectivity index (χ0v) is 20.9. The number of carboxylic acid groups (broad SMARTS) is 1. The molecule has 3 N–H and O–H groups in total. The first-order valence-electron chi connectivity index (χ1n) is 12.2. The fourth-order valence-electron chi connectivity index (χ4n) is 3.32. The number of primary amides is 1. The molecular formula is C24H51ClN2O3. The Morgan fingerprint density at radius 2 is 1.00 bits per heavy atom. The molecule has 5 nitrogen and oxygen atoms in total. The Kier molecular flexibility index (Phi) is 31.8. The number of rotatable bonds is 20. The van der Waals surface area contributed by atoms with Crippen LogP contribution in [0, 0.1) is 0 Å². The van der Waals surface area contributed by atoms with Gasteiger partial charge in [-0.3, -0.25) is 14.5 Å². The summed E-state index contributed by atoms with van der Waals surface area (Å²) in [6.07, 6.45) is 20.2. The van der Waals surface area contributed by atoms with Crippen molar-refractivity contribution in [1.29, 1.82) is 0 Å². The largest absolute Gasteiger partial charge is 0.481 e. The molecule has 30 heavy (non-hydrogen) atoms. The van der Waals surface area contributed by atoms with Crippen LogP contribution in [-0.2, 0) is 9.59 Å². The molecule has 0 aliphatic heterocycles. The quantitative estimate of drug-likeness (QED) is 0.205. The Morgan fingerprint density at radius 1 is 0.667 bits per heavy atom. The molecule has 0 aromatic rings. The Bertz CT molecular complexity index is 364. The molecule has 0 unspecified atom stereocenters. The number of nitrogens with zero attached hydrogens (tertiary/aromatic N) is 1. The highest BCUT2D eigenvalue weighted by Gasteiger charge is 2.00. The third kappa shape index (κ3) is 31.9. The van der Waals surface area contributed by atoms with Gasteiger partial charge >= 0.3 is 5.97 Å². The van der Waals surface area contributed by atoms with Gasteiger partial charge in [0.15, 0.2) is 0 Å². The number of halogens is 1. The van der Waals surface area contributed by atoms with E-state index in [1.54, 1.807) is 0 Å². The van der Waals surface area contributed by atoms with Gasteiger partial charge in [-0.05, 0) is 19.5 Å². The first kappa shape index (κ1) is 33.8. The number of carbonyl (C=O) groups is 2. The van der Waals surface area contributed by atoms with E-state index in [9.17, 15) is 9.59 Å². The van der Waals surface area contributed by atoms with Gasteiger partial charge in [0.1, 0.15) is 0 Å². The van der Waals surface area contributed by atoms with Crippen LogP contribution in [0.5, 0.6) is 0 Å². The van der Waals surface area contributed by atoms with Crippen molar-refractivity contribution in [3.8, 4) is 0 Å². The van der Waals surface area contributed by atoms with E-state index in [1.165, 1.54) is 83.5 Å². The lowest BCUT2D eigenvalue weighted by molar-refractivity contribution is -0.137. The number of aliphatic carboxylic acids is 1. The lowest BCUT2D eigenvalue weighted by atomic mass is 10.0. The van der Waals surface area contributed by atoms with E-state index >= 15 is 0 Å². The van der Waals surface area contributed by atoms with Crippen LogP contribution in [0.15, 0.2) is 0 Å². The Labute approximate surface area is 193 Å². The van der Waals surface area contributed by atoms with Crippen LogP contribution in [0.4, 0.5) is 0 Å². The van der Waals surface area contributed by atoms with Crippen LogP contribution in [-0.4, -0.2) is 41.5 Å². The van der Waals surface area contributed by atoms with Gasteiger partial charge in [0, 0.05) is 6.42 Å². The molecule has 0 radical (unpaired) electrons. The van der Waals surface area contributed by atoms with Crippen LogP contribution < -0.4 is 5.73 Å². The minimum absolute atomic E-state index is 0. The molecule has 0 aliphatic carbocycles. The minimum Gasteiger partial charge on any atom is -0.481 e. The first-order valence-corrected chi connectivity index (χ1v) is 12.2. The van der Waals surface area contributed by atoms with Crippen LogP contribution in [0.1, 0.15) is 124 Å². The highest BCUT2D eigenvalue weighted by atomic mass is 35.5. The average molecular weight is 451 g/mol. The lowest BCUT2D eigenvalue weighted by Crippen LogP contribution is -2.33. The van der Waals surface area contributed by atoms with E-state index in [4.69, 9.17) is 10.8 Å². The van der Waals surface area contributed by atoms with Crippen molar-refractivity contribution < 1.29 is 14.7 Å². The highest BCUT2D eigenvalue weighted by molar-refractivity contribution is 5.85. The predicted molar refractivity (Wildman–Crippen MR) is 131 cm³/mol. The summed E-state index contributed by atoms with van der Waals surface area (Å²) in [5.74, 6) is -0.904. The van der Waals surface area contributed by atoms with Crippen molar-refractivity contribution in [1.82, 2.24) is 4.90 Å². The van der Waals surface area contributed by atoms with Gasteiger partial charge < -0.3 is 10.8 Å². The first-order chi connectivity index (χ1) is 14.0. The summed E-state index contributed by atoms with van der Waals surface area (Å²) >= 11 is 0. The Morgan fingerprint density at radius 3 is 1.23 bits per heavy atom. The molecule has 6 heteroatoms. The third-order valence-corrected chi connectivity index (χ3v) is 5.27. The maximum absolute atomic E-state index is 10.3. The molecule has 0 heterocycles. The topological polar surface area (TPSA) is 83.6 Å². The molecule has 1 amide bonds. The van der Waals surface area contributed by atoms with Crippen LogP contribution in [0.3, 0.4) is 0 Å². The van der Waals surface area contributed by atoms with Crippen molar-refractivity contribution >= 4 is 24.3 Å². The summed E-state index contributed by atoms with van der Waals surface area (Å²) in [6, 6.07) is 0. The molecule has 182 valence electrons. The van der Waals surface area contributed by atoms with Crippen LogP contribution in [0.25, 0.3) is 0 Å². The molecule has 0 aromatic heterocycles. The predicted octanol–water partition coefficient (Wildman–Crippen LogP) is 6.57. The van der Waals surface area contributed by atoms with Gasteiger partial charge in [0.05, 0.1) is 6.54 Å². The molecule has 0 bridgehead atoms. The van der Waals surface area contributed by atoms with Gasteiger partial charge in [-0.25, -0.2) is 0 Å². The van der Waals surface area contributed by atoms with Gasteiger partial charge in [-0.15, -0.1) is 12.4 Å². The fourth-order valence-corrected chi connectivity index (χ4v) is 3.32. The van der Waals surface area contributed by atoms with Gasteiger partial charge in [-0.2, -0.15) is 0 Å². The lowest BCUT2D eigenvalue weighted by Gasteiger charge is -2.14. The normalized spacial score (nSPS) is 10.3. The summed E-state index contributed by atoms with van der Waals surface area (Å²) in [7, 11) is 0. The number of carbonyl (C=O) groups excluding carboxylic acids is 1. The number of hydrogen-bond acceptors (Lipinski definition) is 3. The SMILES string of the molecule is CCCCCCCCCCCCCCCCCC(=O)O.CCN(CC)CC(N)=O.Cl. The minimum atomic E-state index is -0.653. The maximum Gasteiger partial charge on any atom is 0.303 e. The average Bonchev–Trinajstić information content (AvgIpc) is 2.69. The molecule has 0 spiro atoms. The van der Waals surface area contributed by atoms with E-state index in [-0.39, 0.29) is 18.3 Å². The number of amides is 1. The standard InChI is InChI=1S/C18H36O2.C6H14N2O.ClH/c1-2-3-4-5-6-7-8-9-10-11-12-13-14-15-16-17-18(19)20;1-3-8(4-2)5-6(7)9;/h2-17H2,1H3,(H,19,20);3-5H2,1-2H3,(H2,7,9);1H. The monoisotopic (exact) mass is 450 g/mol. The highest BCUT2D eigenvalue weighted by Crippen LogP contribution is 2.13. The van der Waals surface area contributed by atoms with Crippen LogP contribution in [0.2, 0.25) is 0 Å². The molecule has 0 rings (SSSR count). The molecule has 0 saturated heterocycles. The zero-order valence-electron chi connectivity index (χ0n) is 20.1. The number of hydrogen-bond donors (Lipinski definition) is 2. The van der Waals surface area contributed by atoms with E-state index < -0.39 is 5.97 Å². The smallest absolute Gasteiger partial charge is 0.303 e. The Hall–Kier alpha value is -0.810. The van der Waals surface area contributed by atoms with E-state index in [0.29, 0.717) is 13.0 Å². The number of unbranched alkanes of at least 4 members (excludes halogenated alkanes) is 14. The molecule has 0 saturated carbocycles. The van der Waals surface area contributed by atoms with Crippen LogP contribution >= 0.6 is 12.4 Å². The second-order valence-corrected chi connectivity index (χ2v) is 8.02. The summed E-state index contributed by atoms with van der Waals surface area (Å²) in [4.78, 5) is 22.6. The van der Waals surface area contributed by atoms with E-state index in [1.807, 2.05) is 18.7 Å². The number of likely N-dealkylation sites (N-methyl/N-ethyl adjacent to an activating group) is 1. The summed E-state index contributed by atoms with van der Waals surface area (Å²) < 4.78 is 0. The zero-order chi connectivity index (χ0) is 22.2. The second kappa shape index (κ2) is 28.2. The van der Waals surface area contributed by atoms with Crippen molar-refractivity contribution in [2.45, 2.75) is 124 Å². The van der Waals surface area contributed by atoms with Gasteiger partial charge in [0.25, 0.3) is 0 Å². The van der Waals surface area contributed by atoms with E-state index in [2.05, 4.69) is 6.92 Å². The van der Waals surface area contributed by atoms with Gasteiger partial charge in [-0.1, -0.05) is 111 Å². The summed E-state index contributed by atoms with van der Waals surface area (Å²) in [5, 5.41) is 8.52. The van der Waals surface area contributed by atoms with Crippen molar-refractivity contribution in [3.63, 3.8) is 0 Å².